The minimum absolute atomic E-state index is 0.119. The van der Waals surface area contributed by atoms with Gasteiger partial charge in [-0.05, 0) is 31.2 Å². The third kappa shape index (κ3) is 6.04. The molecule has 6 heteroatoms. The van der Waals surface area contributed by atoms with Gasteiger partial charge in [-0.3, -0.25) is 9.59 Å². The third-order valence-electron chi connectivity index (χ3n) is 2.72. The second kappa shape index (κ2) is 8.55. The molecule has 0 heterocycles. The molecule has 1 atom stereocenters. The van der Waals surface area contributed by atoms with Gasteiger partial charge in [0.1, 0.15) is 6.04 Å². The van der Waals surface area contributed by atoms with Crippen molar-refractivity contribution < 1.29 is 14.7 Å². The molecule has 1 amide bonds. The first-order chi connectivity index (χ1) is 9.52. The molecule has 0 saturated carbocycles. The largest absolute Gasteiger partial charge is 0.480 e. The highest BCUT2D eigenvalue weighted by Gasteiger charge is 2.20. The second-order valence-corrected chi connectivity index (χ2v) is 4.90. The maximum absolute atomic E-state index is 11.8. The highest BCUT2D eigenvalue weighted by Crippen LogP contribution is 2.15. The molecular weight excluding hydrogens is 280 g/mol. The number of nitrogens with one attached hydrogen (secondary N) is 2. The van der Waals surface area contributed by atoms with Crippen LogP contribution in [0.4, 0.5) is 5.69 Å². The van der Waals surface area contributed by atoms with Gasteiger partial charge in [0.25, 0.3) is 0 Å². The number of aliphatic carboxylic acids is 1. The van der Waals surface area contributed by atoms with Gasteiger partial charge in [0, 0.05) is 10.7 Å². The second-order valence-electron chi connectivity index (χ2n) is 4.46. The Labute approximate surface area is 123 Å². The van der Waals surface area contributed by atoms with E-state index in [4.69, 9.17) is 16.7 Å². The van der Waals surface area contributed by atoms with Crippen molar-refractivity contribution >= 4 is 29.2 Å². The summed E-state index contributed by atoms with van der Waals surface area (Å²) in [5, 5.41) is 15.1. The summed E-state index contributed by atoms with van der Waals surface area (Å²) >= 11 is 5.81. The topological polar surface area (TPSA) is 78.4 Å². The Morgan fingerprint density at radius 2 is 2.15 bits per heavy atom. The Kier molecular flexibility index (Phi) is 7.04. The molecular formula is C14H19ClN2O3. The number of benzene rings is 1. The van der Waals surface area contributed by atoms with Crippen molar-refractivity contribution in [1.29, 1.82) is 0 Å². The molecule has 0 aromatic heterocycles. The van der Waals surface area contributed by atoms with Crippen LogP contribution in [0.1, 0.15) is 26.2 Å². The summed E-state index contributed by atoms with van der Waals surface area (Å²) in [5.74, 6) is -1.38. The summed E-state index contributed by atoms with van der Waals surface area (Å²) in [6.07, 6.45) is 1.72. The molecule has 0 saturated heterocycles. The molecule has 0 aliphatic carbocycles. The Balaban J connectivity index is 2.51. The molecule has 1 aromatic carbocycles. The molecule has 0 spiro atoms. The van der Waals surface area contributed by atoms with Crippen molar-refractivity contribution in [3.63, 3.8) is 0 Å². The van der Waals surface area contributed by atoms with Crippen molar-refractivity contribution in [1.82, 2.24) is 5.32 Å². The minimum atomic E-state index is -1.03. The van der Waals surface area contributed by atoms with Gasteiger partial charge < -0.3 is 15.7 Å². The fourth-order valence-electron chi connectivity index (χ4n) is 1.66. The van der Waals surface area contributed by atoms with E-state index in [0.717, 1.165) is 12.8 Å². The van der Waals surface area contributed by atoms with Crippen molar-refractivity contribution in [3.05, 3.63) is 29.3 Å². The Morgan fingerprint density at radius 1 is 1.40 bits per heavy atom. The van der Waals surface area contributed by atoms with E-state index >= 15 is 0 Å². The Hall–Kier alpha value is -1.59. The van der Waals surface area contributed by atoms with Gasteiger partial charge in [0.05, 0.1) is 6.42 Å². The van der Waals surface area contributed by atoms with Crippen LogP contribution in [0.25, 0.3) is 0 Å². The predicted molar refractivity (Wildman–Crippen MR) is 79.0 cm³/mol. The standard InChI is InChI=1S/C14H19ClN2O3/c1-2-3-7-16-12(14(19)20)9-13(18)17-11-6-4-5-10(15)8-11/h4-6,8,12,16H,2-3,7,9H2,1H3,(H,17,18)(H,19,20)/t12-/m0/s1. The van der Waals surface area contributed by atoms with Gasteiger partial charge in [-0.25, -0.2) is 0 Å². The van der Waals surface area contributed by atoms with Crippen molar-refractivity contribution in [3.8, 4) is 0 Å². The Bertz CT molecular complexity index is 465. The lowest BCUT2D eigenvalue weighted by molar-refractivity contribution is -0.141. The lowest BCUT2D eigenvalue weighted by Crippen LogP contribution is -2.40. The molecule has 0 aliphatic heterocycles. The van der Waals surface area contributed by atoms with Crippen LogP contribution in [0.2, 0.25) is 5.02 Å². The molecule has 5 nitrogen and oxygen atoms in total. The first-order valence-corrected chi connectivity index (χ1v) is 6.92. The summed E-state index contributed by atoms with van der Waals surface area (Å²) < 4.78 is 0. The fourth-order valence-corrected chi connectivity index (χ4v) is 1.85. The quantitative estimate of drug-likeness (QED) is 0.644. The van der Waals surface area contributed by atoms with Crippen molar-refractivity contribution in [2.75, 3.05) is 11.9 Å². The SMILES string of the molecule is CCCCN[C@@H](CC(=O)Nc1cccc(Cl)c1)C(=O)O. The minimum Gasteiger partial charge on any atom is -0.480 e. The van der Waals surface area contributed by atoms with Gasteiger partial charge in [-0.1, -0.05) is 31.0 Å². The molecule has 110 valence electrons. The summed E-state index contributed by atoms with van der Waals surface area (Å²) in [6, 6.07) is 5.85. The number of carbonyl (C=O) groups is 2. The molecule has 0 radical (unpaired) electrons. The summed E-state index contributed by atoms with van der Waals surface area (Å²) in [7, 11) is 0. The Morgan fingerprint density at radius 3 is 2.75 bits per heavy atom. The zero-order valence-electron chi connectivity index (χ0n) is 11.4. The average Bonchev–Trinajstić information content (AvgIpc) is 2.37. The average molecular weight is 299 g/mol. The van der Waals surface area contributed by atoms with Gasteiger partial charge in [0.15, 0.2) is 0 Å². The number of halogens is 1. The lowest BCUT2D eigenvalue weighted by atomic mass is 10.2. The maximum Gasteiger partial charge on any atom is 0.321 e. The number of carbonyl (C=O) groups excluding carboxylic acids is 1. The molecule has 1 rings (SSSR count). The van der Waals surface area contributed by atoms with E-state index in [-0.39, 0.29) is 12.3 Å². The van der Waals surface area contributed by atoms with E-state index < -0.39 is 12.0 Å². The molecule has 20 heavy (non-hydrogen) atoms. The van der Waals surface area contributed by atoms with E-state index in [2.05, 4.69) is 10.6 Å². The number of hydrogen-bond donors (Lipinski definition) is 3. The van der Waals surface area contributed by atoms with E-state index in [9.17, 15) is 9.59 Å². The summed E-state index contributed by atoms with van der Waals surface area (Å²) in [4.78, 5) is 22.9. The molecule has 0 unspecified atom stereocenters. The van der Waals surface area contributed by atoms with Crippen LogP contribution in [0.3, 0.4) is 0 Å². The number of carboxylic acid groups (broad SMARTS) is 1. The van der Waals surface area contributed by atoms with E-state index in [1.807, 2.05) is 6.92 Å². The first-order valence-electron chi connectivity index (χ1n) is 6.54. The van der Waals surface area contributed by atoms with E-state index in [1.54, 1.807) is 24.3 Å². The van der Waals surface area contributed by atoms with Gasteiger partial charge in [0.2, 0.25) is 5.91 Å². The molecule has 1 aromatic rings. The van der Waals surface area contributed by atoms with Crippen LogP contribution in [-0.4, -0.2) is 29.6 Å². The zero-order chi connectivity index (χ0) is 15.0. The van der Waals surface area contributed by atoms with Gasteiger partial charge in [-0.15, -0.1) is 0 Å². The monoisotopic (exact) mass is 298 g/mol. The third-order valence-corrected chi connectivity index (χ3v) is 2.95. The molecule has 0 bridgehead atoms. The summed E-state index contributed by atoms with van der Waals surface area (Å²) in [5.41, 5.74) is 0.556. The molecule has 0 aliphatic rings. The number of hydrogen-bond acceptors (Lipinski definition) is 3. The highest BCUT2D eigenvalue weighted by atomic mass is 35.5. The van der Waals surface area contributed by atoms with Crippen LogP contribution >= 0.6 is 11.6 Å². The molecule has 3 N–H and O–H groups in total. The van der Waals surface area contributed by atoms with Crippen molar-refractivity contribution in [2.45, 2.75) is 32.2 Å². The normalized spacial score (nSPS) is 11.9. The first kappa shape index (κ1) is 16.5. The number of unbranched alkanes of at least 4 members (excludes halogenated alkanes) is 1. The van der Waals surface area contributed by atoms with Crippen LogP contribution in [0.15, 0.2) is 24.3 Å². The fraction of sp³-hybridized carbons (Fsp3) is 0.429. The smallest absolute Gasteiger partial charge is 0.321 e. The highest BCUT2D eigenvalue weighted by molar-refractivity contribution is 6.30. The van der Waals surface area contributed by atoms with E-state index in [0.29, 0.717) is 17.3 Å². The van der Waals surface area contributed by atoms with Crippen LogP contribution < -0.4 is 10.6 Å². The maximum atomic E-state index is 11.8. The van der Waals surface area contributed by atoms with Crippen LogP contribution in [-0.2, 0) is 9.59 Å². The van der Waals surface area contributed by atoms with Crippen LogP contribution in [0.5, 0.6) is 0 Å². The number of amides is 1. The predicted octanol–water partition coefficient (Wildman–Crippen LogP) is 2.51. The van der Waals surface area contributed by atoms with Crippen LogP contribution in [0, 0.1) is 0 Å². The number of rotatable bonds is 8. The zero-order valence-corrected chi connectivity index (χ0v) is 12.1. The van der Waals surface area contributed by atoms with Gasteiger partial charge >= 0.3 is 5.97 Å². The van der Waals surface area contributed by atoms with Gasteiger partial charge in [-0.2, -0.15) is 0 Å². The van der Waals surface area contributed by atoms with Crippen molar-refractivity contribution in [2.24, 2.45) is 0 Å². The number of carboxylic acids is 1. The summed E-state index contributed by atoms with van der Waals surface area (Å²) in [6.45, 7) is 2.60. The van der Waals surface area contributed by atoms with E-state index in [1.165, 1.54) is 0 Å². The lowest BCUT2D eigenvalue weighted by Gasteiger charge is -2.14. The molecule has 0 fully saturated rings. The number of anilines is 1.